The summed E-state index contributed by atoms with van der Waals surface area (Å²) in [6, 6.07) is 0. The molecule has 1 saturated heterocycles. The Morgan fingerprint density at radius 1 is 1.64 bits per heavy atom. The van der Waals surface area contributed by atoms with Crippen LogP contribution < -0.4 is 30.7 Å². The third kappa shape index (κ3) is 2.41. The summed E-state index contributed by atoms with van der Waals surface area (Å²) in [7, 11) is 0. The molecule has 3 N–H and O–H groups in total. The predicted molar refractivity (Wildman–Crippen MR) is 34.9 cm³/mol. The molecule has 0 aromatic carbocycles. The van der Waals surface area contributed by atoms with Gasteiger partial charge in [-0.05, 0) is 0 Å². The molecule has 5 heteroatoms. The average Bonchev–Trinajstić information content (AvgIpc) is 1.95. The minimum atomic E-state index is -0.332. The van der Waals surface area contributed by atoms with Crippen LogP contribution in [0.3, 0.4) is 0 Å². The SMILES string of the molecule is N[I-]CC1CCC(=O)NC1=O. The first-order valence-corrected chi connectivity index (χ1v) is 6.12. The van der Waals surface area contributed by atoms with Crippen molar-refractivity contribution < 1.29 is 31.1 Å². The molecule has 1 rings (SSSR count). The Labute approximate surface area is 75.5 Å². The van der Waals surface area contributed by atoms with Gasteiger partial charge in [0.15, 0.2) is 0 Å². The summed E-state index contributed by atoms with van der Waals surface area (Å²) in [5.41, 5.74) is 0. The van der Waals surface area contributed by atoms with Crippen LogP contribution in [0.1, 0.15) is 12.8 Å². The fourth-order valence-corrected chi connectivity index (χ4v) is 2.45. The van der Waals surface area contributed by atoms with E-state index in [0.29, 0.717) is 12.8 Å². The standard InChI is InChI=1S/C6H10IN2O2/c8-7-3-4-1-2-5(10)9-6(4)11/h4H,1-3,8H2,(H,9,10,11)/q-1. The summed E-state index contributed by atoms with van der Waals surface area (Å²) < 4.78 is 6.19. The molecule has 1 fully saturated rings. The number of nitrogens with two attached hydrogens (primary N) is 1. The molecule has 2 amide bonds. The van der Waals surface area contributed by atoms with Gasteiger partial charge in [-0.2, -0.15) is 0 Å². The van der Waals surface area contributed by atoms with Crippen molar-refractivity contribution in [2.45, 2.75) is 12.8 Å². The molecular weight excluding hydrogens is 259 g/mol. The first kappa shape index (κ1) is 8.92. The van der Waals surface area contributed by atoms with Crippen LogP contribution in [-0.2, 0) is 9.59 Å². The van der Waals surface area contributed by atoms with E-state index in [0.717, 1.165) is 4.43 Å². The quantitative estimate of drug-likeness (QED) is 0.232. The van der Waals surface area contributed by atoms with Crippen molar-refractivity contribution in [3.05, 3.63) is 0 Å². The zero-order chi connectivity index (χ0) is 8.27. The summed E-state index contributed by atoms with van der Waals surface area (Å²) in [5, 5.41) is 2.30. The number of halogens is 1. The van der Waals surface area contributed by atoms with E-state index in [9.17, 15) is 9.59 Å². The van der Waals surface area contributed by atoms with Gasteiger partial charge >= 0.3 is 75.3 Å². The molecule has 1 aliphatic heterocycles. The Morgan fingerprint density at radius 2 is 2.36 bits per heavy atom. The van der Waals surface area contributed by atoms with Crippen molar-refractivity contribution in [2.24, 2.45) is 9.86 Å². The number of rotatable bonds is 2. The number of carbonyl (C=O) groups is 2. The van der Waals surface area contributed by atoms with E-state index in [2.05, 4.69) is 5.32 Å². The summed E-state index contributed by atoms with van der Waals surface area (Å²) >= 11 is -0.332. The van der Waals surface area contributed by atoms with Crippen LogP contribution in [0.5, 0.6) is 0 Å². The maximum absolute atomic E-state index is 11.0. The number of piperidine rings is 1. The molecule has 4 nitrogen and oxygen atoms in total. The van der Waals surface area contributed by atoms with Crippen LogP contribution >= 0.6 is 0 Å². The fourth-order valence-electron chi connectivity index (χ4n) is 0.993. The van der Waals surface area contributed by atoms with Crippen molar-refractivity contribution in [1.29, 1.82) is 0 Å². The topological polar surface area (TPSA) is 72.2 Å². The molecule has 0 radical (unpaired) electrons. The third-order valence-electron chi connectivity index (χ3n) is 1.63. The Bertz CT molecular complexity index is 183. The predicted octanol–water partition coefficient (Wildman–Crippen LogP) is -4.00. The normalized spacial score (nSPS) is 25.4. The zero-order valence-electron chi connectivity index (χ0n) is 5.97. The fraction of sp³-hybridized carbons (Fsp3) is 0.667. The summed E-state index contributed by atoms with van der Waals surface area (Å²) in [4.78, 5) is 21.7. The van der Waals surface area contributed by atoms with E-state index in [-0.39, 0.29) is 39.2 Å². The molecule has 1 aliphatic rings. The van der Waals surface area contributed by atoms with Crippen molar-refractivity contribution >= 4 is 11.8 Å². The van der Waals surface area contributed by atoms with E-state index in [1.165, 1.54) is 0 Å². The Morgan fingerprint density at radius 3 is 2.91 bits per heavy atom. The van der Waals surface area contributed by atoms with E-state index >= 15 is 0 Å². The molecule has 1 atom stereocenters. The zero-order valence-corrected chi connectivity index (χ0v) is 8.13. The Kier molecular flexibility index (Phi) is 3.25. The molecule has 11 heavy (non-hydrogen) atoms. The van der Waals surface area contributed by atoms with Crippen LogP contribution in [0, 0.1) is 5.92 Å². The second-order valence-electron chi connectivity index (χ2n) is 2.46. The summed E-state index contributed by atoms with van der Waals surface area (Å²) in [6.45, 7) is 0. The average molecular weight is 269 g/mol. The molecule has 0 aliphatic carbocycles. The molecule has 0 aromatic rings. The second-order valence-corrected chi connectivity index (χ2v) is 4.22. The molecule has 0 aromatic heterocycles. The van der Waals surface area contributed by atoms with Crippen molar-refractivity contribution in [3.63, 3.8) is 0 Å². The van der Waals surface area contributed by atoms with E-state index in [4.69, 9.17) is 3.95 Å². The van der Waals surface area contributed by atoms with E-state index < -0.39 is 0 Å². The van der Waals surface area contributed by atoms with Crippen molar-refractivity contribution in [2.75, 3.05) is 4.43 Å². The first-order chi connectivity index (χ1) is 5.24. The number of amides is 2. The van der Waals surface area contributed by atoms with Crippen LogP contribution in [0.2, 0.25) is 0 Å². The van der Waals surface area contributed by atoms with Gasteiger partial charge in [-0.3, -0.25) is 0 Å². The number of alkyl halides is 1. The minimum absolute atomic E-state index is 0.00509. The summed E-state index contributed by atoms with van der Waals surface area (Å²) in [6.07, 6.45) is 1.15. The van der Waals surface area contributed by atoms with E-state index in [1.54, 1.807) is 0 Å². The molecule has 1 unspecified atom stereocenters. The Balaban J connectivity index is 2.44. The van der Waals surface area contributed by atoms with Gasteiger partial charge in [0.05, 0.1) is 0 Å². The van der Waals surface area contributed by atoms with Gasteiger partial charge in [0.25, 0.3) is 0 Å². The maximum atomic E-state index is 11.0. The first-order valence-electron chi connectivity index (χ1n) is 3.35. The monoisotopic (exact) mass is 269 g/mol. The van der Waals surface area contributed by atoms with Crippen molar-refractivity contribution in [1.82, 2.24) is 5.32 Å². The van der Waals surface area contributed by atoms with Gasteiger partial charge in [-0.15, -0.1) is 0 Å². The van der Waals surface area contributed by atoms with Gasteiger partial charge in [0, 0.05) is 0 Å². The molecule has 0 spiro atoms. The number of hydrogen-bond acceptors (Lipinski definition) is 3. The molecule has 1 heterocycles. The molecule has 0 bridgehead atoms. The second kappa shape index (κ2) is 4.01. The van der Waals surface area contributed by atoms with Crippen LogP contribution in [0.25, 0.3) is 0 Å². The number of imide groups is 1. The number of carbonyl (C=O) groups excluding carboxylic acids is 2. The van der Waals surface area contributed by atoms with Crippen LogP contribution in [0.4, 0.5) is 0 Å². The van der Waals surface area contributed by atoms with Crippen molar-refractivity contribution in [3.8, 4) is 0 Å². The molecule has 64 valence electrons. The van der Waals surface area contributed by atoms with Gasteiger partial charge < -0.3 is 0 Å². The number of nitrogens with one attached hydrogen (secondary N) is 1. The molecule has 0 saturated carbocycles. The van der Waals surface area contributed by atoms with Gasteiger partial charge in [0.1, 0.15) is 0 Å². The van der Waals surface area contributed by atoms with Gasteiger partial charge in [-0.1, -0.05) is 0 Å². The van der Waals surface area contributed by atoms with Crippen LogP contribution in [0.15, 0.2) is 0 Å². The van der Waals surface area contributed by atoms with E-state index in [1.807, 2.05) is 0 Å². The van der Waals surface area contributed by atoms with Gasteiger partial charge in [0.2, 0.25) is 0 Å². The number of hydrogen-bond donors (Lipinski definition) is 2. The molecular formula is C6H10IN2O2-. The Hall–Kier alpha value is -0.170. The van der Waals surface area contributed by atoms with Gasteiger partial charge in [-0.25, -0.2) is 0 Å². The van der Waals surface area contributed by atoms with Crippen LogP contribution in [-0.4, -0.2) is 16.2 Å². The third-order valence-corrected chi connectivity index (χ3v) is 3.20. The summed E-state index contributed by atoms with van der Waals surface area (Å²) in [5.74, 6) is -0.279.